The van der Waals surface area contributed by atoms with Crippen molar-refractivity contribution in [2.45, 2.75) is 56.7 Å². The molecule has 27 heavy (non-hydrogen) atoms. The zero-order valence-corrected chi connectivity index (χ0v) is 15.3. The van der Waals surface area contributed by atoms with Gasteiger partial charge in [0.05, 0.1) is 18.0 Å². The van der Waals surface area contributed by atoms with Gasteiger partial charge in [0.1, 0.15) is 11.6 Å². The van der Waals surface area contributed by atoms with E-state index in [0.29, 0.717) is 6.04 Å². The second-order valence-corrected chi connectivity index (χ2v) is 7.68. The summed E-state index contributed by atoms with van der Waals surface area (Å²) in [6.07, 6.45) is 4.32. The van der Waals surface area contributed by atoms with Gasteiger partial charge < -0.3 is 10.6 Å². The normalized spacial score (nSPS) is 22.8. The Balaban J connectivity index is 1.50. The van der Waals surface area contributed by atoms with Crippen LogP contribution in [0.25, 0.3) is 0 Å². The molecule has 3 nitrogen and oxygen atoms in total. The van der Waals surface area contributed by atoms with Gasteiger partial charge in [-0.15, -0.1) is 0 Å². The molecule has 0 saturated heterocycles. The molecule has 2 aromatic carbocycles. The van der Waals surface area contributed by atoms with Gasteiger partial charge in [-0.2, -0.15) is 0 Å². The minimum atomic E-state index is -0.684. The van der Waals surface area contributed by atoms with E-state index in [2.05, 4.69) is 22.8 Å². The Labute approximate surface area is 158 Å². The molecule has 2 aliphatic carbocycles. The first kappa shape index (κ1) is 18.1. The molecule has 1 fully saturated rings. The third-order valence-corrected chi connectivity index (χ3v) is 5.90. The van der Waals surface area contributed by atoms with Crippen molar-refractivity contribution in [1.29, 1.82) is 0 Å². The number of halogens is 2. The van der Waals surface area contributed by atoms with Crippen LogP contribution in [0, 0.1) is 11.6 Å². The molecule has 0 aliphatic heterocycles. The van der Waals surface area contributed by atoms with E-state index in [-0.39, 0.29) is 23.6 Å². The summed E-state index contributed by atoms with van der Waals surface area (Å²) in [6.45, 7) is 1.65. The fraction of sp³-hybridized carbons (Fsp3) is 0.409. The van der Waals surface area contributed by atoms with Crippen LogP contribution in [0.1, 0.15) is 54.8 Å². The standard InChI is InChI=1S/C22H24F2N2O/c1-13(17-10-9-15(23)12-19(17)24)22(27)26-20-11-14-5-2-3-8-18(14)21(20)25-16-6-4-7-16/h2-3,5,8-10,12-13,16,20-21,25H,4,6-7,11H2,1H3,(H,26,27)/t13?,20-,21-/m0/s1. The van der Waals surface area contributed by atoms with E-state index in [9.17, 15) is 13.6 Å². The Morgan fingerprint density at radius 2 is 1.93 bits per heavy atom. The molecule has 2 aliphatic rings. The maximum Gasteiger partial charge on any atom is 0.227 e. The van der Waals surface area contributed by atoms with Crippen LogP contribution in [0.2, 0.25) is 0 Å². The predicted molar refractivity (Wildman–Crippen MR) is 100 cm³/mol. The lowest BCUT2D eigenvalue weighted by Gasteiger charge is -2.33. The number of rotatable bonds is 5. The SMILES string of the molecule is CC(C(=O)N[C@H]1Cc2ccccc2[C@@H]1NC1CCC1)c1ccc(F)cc1F. The second-order valence-electron chi connectivity index (χ2n) is 7.68. The molecular weight excluding hydrogens is 346 g/mol. The molecule has 0 spiro atoms. The number of carbonyl (C=O) groups excluding carboxylic acids is 1. The molecule has 1 amide bonds. The van der Waals surface area contributed by atoms with E-state index in [4.69, 9.17) is 0 Å². The van der Waals surface area contributed by atoms with Gasteiger partial charge in [-0.05, 0) is 43.4 Å². The first-order chi connectivity index (χ1) is 13.0. The number of hydrogen-bond acceptors (Lipinski definition) is 2. The van der Waals surface area contributed by atoms with Gasteiger partial charge in [-0.1, -0.05) is 36.8 Å². The summed E-state index contributed by atoms with van der Waals surface area (Å²) < 4.78 is 27.2. The van der Waals surface area contributed by atoms with Crippen LogP contribution >= 0.6 is 0 Å². The van der Waals surface area contributed by atoms with Crippen molar-refractivity contribution in [2.75, 3.05) is 0 Å². The summed E-state index contributed by atoms with van der Waals surface area (Å²) in [7, 11) is 0. The predicted octanol–water partition coefficient (Wildman–Crippen LogP) is 3.99. The van der Waals surface area contributed by atoms with Gasteiger partial charge in [0.25, 0.3) is 0 Å². The molecule has 3 atom stereocenters. The Morgan fingerprint density at radius 1 is 1.15 bits per heavy atom. The summed E-state index contributed by atoms with van der Waals surface area (Å²) in [6, 6.07) is 12.1. The van der Waals surface area contributed by atoms with E-state index in [0.717, 1.165) is 25.3 Å². The molecule has 2 aromatic rings. The molecule has 1 saturated carbocycles. The molecule has 0 bridgehead atoms. The molecule has 0 aromatic heterocycles. The van der Waals surface area contributed by atoms with Crippen LogP contribution in [0.15, 0.2) is 42.5 Å². The van der Waals surface area contributed by atoms with Gasteiger partial charge in [-0.3, -0.25) is 4.79 Å². The second kappa shape index (κ2) is 7.39. The zero-order chi connectivity index (χ0) is 19.0. The monoisotopic (exact) mass is 370 g/mol. The molecule has 2 N–H and O–H groups in total. The van der Waals surface area contributed by atoms with E-state index in [1.807, 2.05) is 12.1 Å². The maximum absolute atomic E-state index is 14.1. The van der Waals surface area contributed by atoms with Crippen LogP contribution < -0.4 is 10.6 Å². The Kier molecular flexibility index (Phi) is 4.96. The molecule has 142 valence electrons. The molecule has 1 unspecified atom stereocenters. The number of fused-ring (bicyclic) bond motifs is 1. The number of carbonyl (C=O) groups is 1. The molecule has 5 heteroatoms. The van der Waals surface area contributed by atoms with Crippen molar-refractivity contribution in [3.63, 3.8) is 0 Å². The fourth-order valence-corrected chi connectivity index (χ4v) is 4.07. The van der Waals surface area contributed by atoms with E-state index >= 15 is 0 Å². The largest absolute Gasteiger partial charge is 0.351 e. The summed E-state index contributed by atoms with van der Waals surface area (Å²) in [5.74, 6) is -2.24. The highest BCUT2D eigenvalue weighted by atomic mass is 19.1. The smallest absolute Gasteiger partial charge is 0.227 e. The molecule has 0 heterocycles. The van der Waals surface area contributed by atoms with Crippen molar-refractivity contribution < 1.29 is 13.6 Å². The van der Waals surface area contributed by atoms with Crippen molar-refractivity contribution in [2.24, 2.45) is 0 Å². The van der Waals surface area contributed by atoms with Gasteiger partial charge in [0, 0.05) is 17.7 Å². The van der Waals surface area contributed by atoms with Crippen molar-refractivity contribution in [1.82, 2.24) is 10.6 Å². The van der Waals surface area contributed by atoms with Gasteiger partial charge >= 0.3 is 0 Å². The summed E-state index contributed by atoms with van der Waals surface area (Å²) >= 11 is 0. The fourth-order valence-electron chi connectivity index (χ4n) is 4.07. The van der Waals surface area contributed by atoms with Crippen LogP contribution in [0.3, 0.4) is 0 Å². The Bertz CT molecular complexity index is 850. The molecule has 4 rings (SSSR count). The van der Waals surface area contributed by atoms with Crippen molar-refractivity contribution >= 4 is 5.91 Å². The highest BCUT2D eigenvalue weighted by Crippen LogP contribution is 2.34. The van der Waals surface area contributed by atoms with Crippen LogP contribution in [0.5, 0.6) is 0 Å². The van der Waals surface area contributed by atoms with E-state index < -0.39 is 17.6 Å². The minimum absolute atomic E-state index is 0.0681. The maximum atomic E-state index is 14.1. The summed E-state index contributed by atoms with van der Waals surface area (Å²) in [4.78, 5) is 12.8. The highest BCUT2D eigenvalue weighted by Gasteiger charge is 2.36. The molecule has 0 radical (unpaired) electrons. The highest BCUT2D eigenvalue weighted by molar-refractivity contribution is 5.83. The minimum Gasteiger partial charge on any atom is -0.351 e. The van der Waals surface area contributed by atoms with Gasteiger partial charge in [0.2, 0.25) is 5.91 Å². The first-order valence-electron chi connectivity index (χ1n) is 9.62. The Hall–Kier alpha value is -2.27. The van der Waals surface area contributed by atoms with Crippen LogP contribution in [-0.2, 0) is 11.2 Å². The topological polar surface area (TPSA) is 41.1 Å². The van der Waals surface area contributed by atoms with E-state index in [1.54, 1.807) is 6.92 Å². The summed E-state index contributed by atoms with van der Waals surface area (Å²) in [5.41, 5.74) is 2.68. The number of amides is 1. The van der Waals surface area contributed by atoms with Gasteiger partial charge in [-0.25, -0.2) is 8.78 Å². The third kappa shape index (κ3) is 3.61. The van der Waals surface area contributed by atoms with Gasteiger partial charge in [0.15, 0.2) is 0 Å². The lowest BCUT2D eigenvalue weighted by molar-refractivity contribution is -0.123. The average molecular weight is 370 g/mol. The quantitative estimate of drug-likeness (QED) is 0.836. The van der Waals surface area contributed by atoms with Crippen molar-refractivity contribution in [3.05, 3.63) is 70.8 Å². The lowest BCUT2D eigenvalue weighted by atomic mass is 9.91. The van der Waals surface area contributed by atoms with E-state index in [1.165, 1.54) is 29.7 Å². The first-order valence-corrected chi connectivity index (χ1v) is 9.62. The Morgan fingerprint density at radius 3 is 2.63 bits per heavy atom. The average Bonchev–Trinajstić information content (AvgIpc) is 2.94. The van der Waals surface area contributed by atoms with Crippen molar-refractivity contribution in [3.8, 4) is 0 Å². The number of benzene rings is 2. The molecular formula is C22H24F2N2O. The third-order valence-electron chi connectivity index (χ3n) is 5.90. The van der Waals surface area contributed by atoms with Crippen LogP contribution in [-0.4, -0.2) is 18.0 Å². The number of nitrogens with one attached hydrogen (secondary N) is 2. The zero-order valence-electron chi connectivity index (χ0n) is 15.3. The van der Waals surface area contributed by atoms with Crippen LogP contribution in [0.4, 0.5) is 8.78 Å². The number of hydrogen-bond donors (Lipinski definition) is 2. The lowest BCUT2D eigenvalue weighted by Crippen LogP contribution is -2.48. The summed E-state index contributed by atoms with van der Waals surface area (Å²) in [5, 5.41) is 6.79.